The first-order valence-electron chi connectivity index (χ1n) is 10.2. The molecule has 0 bridgehead atoms. The van der Waals surface area contributed by atoms with Gasteiger partial charge in [-0.3, -0.25) is 14.5 Å². The van der Waals surface area contributed by atoms with Crippen molar-refractivity contribution in [1.82, 2.24) is 19.7 Å². The van der Waals surface area contributed by atoms with Crippen LogP contribution in [0.2, 0.25) is 0 Å². The van der Waals surface area contributed by atoms with E-state index < -0.39 is 0 Å². The Kier molecular flexibility index (Phi) is 6.01. The Balaban J connectivity index is 1.62. The van der Waals surface area contributed by atoms with Crippen molar-refractivity contribution >= 4 is 23.6 Å². The van der Waals surface area contributed by atoms with Crippen LogP contribution in [0, 0.1) is 5.92 Å². The lowest BCUT2D eigenvalue weighted by molar-refractivity contribution is -0.150. The van der Waals surface area contributed by atoms with Gasteiger partial charge in [0.15, 0.2) is 11.0 Å². The van der Waals surface area contributed by atoms with Gasteiger partial charge in [-0.15, -0.1) is 5.10 Å². The fraction of sp³-hybridized carbons (Fsp3) is 0.524. The van der Waals surface area contributed by atoms with E-state index in [4.69, 9.17) is 4.74 Å². The summed E-state index contributed by atoms with van der Waals surface area (Å²) in [4.78, 5) is 32.3. The number of thioether (sulfide) groups is 1. The molecule has 3 heterocycles. The van der Waals surface area contributed by atoms with E-state index in [-0.39, 0.29) is 29.1 Å². The minimum Gasteiger partial charge on any atom is -0.466 e. The predicted octanol–water partition coefficient (Wildman–Crippen LogP) is 2.97. The quantitative estimate of drug-likeness (QED) is 0.673. The highest BCUT2D eigenvalue weighted by molar-refractivity contribution is 8.00. The number of piperidine rings is 1. The maximum Gasteiger partial charge on any atom is 0.310 e. The Morgan fingerprint density at radius 2 is 2.10 bits per heavy atom. The second-order valence-corrected chi connectivity index (χ2v) is 8.50. The highest BCUT2D eigenvalue weighted by Crippen LogP contribution is 2.42. The fourth-order valence-electron chi connectivity index (χ4n) is 4.13. The average molecular weight is 415 g/mol. The number of carbonyl (C=O) groups is 2. The molecule has 0 amide bonds. The summed E-state index contributed by atoms with van der Waals surface area (Å²) in [7, 11) is 0. The number of fused-ring (bicyclic) bond motifs is 1. The molecule has 0 aliphatic carbocycles. The third-order valence-electron chi connectivity index (χ3n) is 5.52. The first kappa shape index (κ1) is 20.1. The lowest BCUT2D eigenvalue weighted by atomic mass is 9.93. The number of rotatable bonds is 6. The van der Waals surface area contributed by atoms with Crippen LogP contribution in [0.4, 0.5) is 0 Å². The van der Waals surface area contributed by atoms with Crippen LogP contribution in [-0.2, 0) is 16.0 Å². The molecule has 2 aliphatic rings. The van der Waals surface area contributed by atoms with Gasteiger partial charge in [0.25, 0.3) is 5.91 Å². The Hall–Kier alpha value is -2.19. The van der Waals surface area contributed by atoms with E-state index in [9.17, 15) is 9.59 Å². The monoisotopic (exact) mass is 414 g/mol. The van der Waals surface area contributed by atoms with Gasteiger partial charge in [-0.25, -0.2) is 4.98 Å². The molecular formula is C21H26N4O3S. The van der Waals surface area contributed by atoms with Crippen LogP contribution in [0.15, 0.2) is 35.5 Å². The molecule has 1 aromatic heterocycles. The van der Waals surface area contributed by atoms with Crippen LogP contribution in [-0.4, -0.2) is 56.5 Å². The molecule has 0 saturated carbocycles. The van der Waals surface area contributed by atoms with Gasteiger partial charge in [-0.05, 0) is 31.9 Å². The molecule has 0 spiro atoms. The fourth-order valence-corrected chi connectivity index (χ4v) is 5.41. The van der Waals surface area contributed by atoms with E-state index in [0.29, 0.717) is 30.6 Å². The van der Waals surface area contributed by atoms with Crippen molar-refractivity contribution in [2.75, 3.05) is 19.7 Å². The summed E-state index contributed by atoms with van der Waals surface area (Å²) >= 11 is 1.48. The van der Waals surface area contributed by atoms with E-state index in [2.05, 4.69) is 27.1 Å². The molecule has 2 aromatic rings. The first-order chi connectivity index (χ1) is 14.1. The van der Waals surface area contributed by atoms with Crippen molar-refractivity contribution in [1.29, 1.82) is 0 Å². The maximum atomic E-state index is 13.2. The zero-order valence-corrected chi connectivity index (χ0v) is 17.6. The highest BCUT2D eigenvalue weighted by atomic mass is 32.2. The summed E-state index contributed by atoms with van der Waals surface area (Å²) in [5, 5.41) is 4.70. The molecule has 1 aromatic carbocycles. The van der Waals surface area contributed by atoms with E-state index in [1.165, 1.54) is 16.4 Å². The van der Waals surface area contributed by atoms with Crippen molar-refractivity contribution in [3.8, 4) is 0 Å². The molecule has 3 atom stereocenters. The van der Waals surface area contributed by atoms with E-state index in [1.54, 1.807) is 0 Å². The van der Waals surface area contributed by atoms with Gasteiger partial charge in [0, 0.05) is 13.0 Å². The van der Waals surface area contributed by atoms with Gasteiger partial charge in [0.2, 0.25) is 0 Å². The minimum atomic E-state index is -0.334. The number of likely N-dealkylation sites (tertiary alicyclic amines) is 1. The van der Waals surface area contributed by atoms with E-state index in [0.717, 1.165) is 24.9 Å². The maximum absolute atomic E-state index is 13.2. The number of nitrogens with zero attached hydrogens (tertiary/aromatic N) is 4. The zero-order valence-electron chi connectivity index (χ0n) is 16.8. The molecule has 4 rings (SSSR count). The average Bonchev–Trinajstić information content (AvgIpc) is 3.29. The number of carbonyl (C=O) groups excluding carboxylic acids is 2. The number of aryl methyl sites for hydroxylation is 1. The molecule has 154 valence electrons. The number of benzene rings is 1. The van der Waals surface area contributed by atoms with E-state index >= 15 is 0 Å². The van der Waals surface area contributed by atoms with Gasteiger partial charge in [-0.1, -0.05) is 49.0 Å². The van der Waals surface area contributed by atoms with Gasteiger partial charge in [0.05, 0.1) is 18.6 Å². The summed E-state index contributed by atoms with van der Waals surface area (Å²) in [5.74, 6) is 0.357. The van der Waals surface area contributed by atoms with Gasteiger partial charge >= 0.3 is 5.97 Å². The topological polar surface area (TPSA) is 77.3 Å². The van der Waals surface area contributed by atoms with Crippen molar-refractivity contribution in [3.05, 3.63) is 41.7 Å². The third-order valence-corrected chi connectivity index (χ3v) is 6.70. The van der Waals surface area contributed by atoms with Crippen LogP contribution in [0.25, 0.3) is 0 Å². The van der Waals surface area contributed by atoms with Crippen LogP contribution < -0.4 is 0 Å². The van der Waals surface area contributed by atoms with Gasteiger partial charge in [0.1, 0.15) is 5.25 Å². The second kappa shape index (κ2) is 8.67. The lowest BCUT2D eigenvalue weighted by Crippen LogP contribution is -2.46. The molecular weight excluding hydrogens is 388 g/mol. The largest absolute Gasteiger partial charge is 0.466 e. The van der Waals surface area contributed by atoms with Crippen LogP contribution in [0.3, 0.4) is 0 Å². The molecule has 29 heavy (non-hydrogen) atoms. The Morgan fingerprint density at radius 1 is 1.31 bits per heavy atom. The zero-order chi connectivity index (χ0) is 20.4. The Bertz CT molecular complexity index is 885. The molecule has 1 saturated heterocycles. The van der Waals surface area contributed by atoms with Crippen molar-refractivity contribution in [2.24, 2.45) is 5.92 Å². The van der Waals surface area contributed by atoms with Crippen molar-refractivity contribution in [3.63, 3.8) is 0 Å². The van der Waals surface area contributed by atoms with Gasteiger partial charge < -0.3 is 4.74 Å². The number of aromatic nitrogens is 3. The van der Waals surface area contributed by atoms with E-state index in [1.807, 2.05) is 32.0 Å². The van der Waals surface area contributed by atoms with Crippen molar-refractivity contribution in [2.45, 2.75) is 49.6 Å². The standard InChI is InChI=1S/C21H26N4O3S/c1-3-16-22-21-25(23-16)19(26)18(29-21)17(14-9-6-5-7-10-14)24-12-8-11-15(13-24)20(27)28-4-2/h5-7,9-10,15,17-18H,3-4,8,11-13H2,1-2H3. The van der Waals surface area contributed by atoms with Gasteiger partial charge in [-0.2, -0.15) is 4.68 Å². The first-order valence-corrected chi connectivity index (χ1v) is 11.1. The molecule has 7 nitrogen and oxygen atoms in total. The third kappa shape index (κ3) is 3.96. The molecule has 8 heteroatoms. The normalized spacial score (nSPS) is 23.0. The number of hydrogen-bond acceptors (Lipinski definition) is 7. The summed E-state index contributed by atoms with van der Waals surface area (Å²) in [6.07, 6.45) is 2.43. The predicted molar refractivity (Wildman–Crippen MR) is 110 cm³/mol. The number of ether oxygens (including phenoxy) is 1. The summed E-state index contributed by atoms with van der Waals surface area (Å²) < 4.78 is 6.72. The number of hydrogen-bond donors (Lipinski definition) is 0. The minimum absolute atomic E-state index is 0.0377. The summed E-state index contributed by atoms with van der Waals surface area (Å²) in [6, 6.07) is 9.93. The van der Waals surface area contributed by atoms with Crippen LogP contribution in [0.5, 0.6) is 0 Å². The lowest BCUT2D eigenvalue weighted by Gasteiger charge is -2.39. The SMILES string of the molecule is CCOC(=O)C1CCCN(C(c2ccccc2)C2Sc3nc(CC)nn3C2=O)C1. The smallest absolute Gasteiger partial charge is 0.310 e. The molecule has 2 aliphatic heterocycles. The Morgan fingerprint density at radius 3 is 2.79 bits per heavy atom. The molecule has 0 radical (unpaired) electrons. The summed E-state index contributed by atoms with van der Waals surface area (Å²) in [5.41, 5.74) is 1.07. The Labute approximate surface area is 174 Å². The second-order valence-electron chi connectivity index (χ2n) is 7.39. The molecule has 3 unspecified atom stereocenters. The van der Waals surface area contributed by atoms with Crippen LogP contribution in [0.1, 0.15) is 48.9 Å². The molecule has 0 N–H and O–H groups in total. The molecule has 1 fully saturated rings. The summed E-state index contributed by atoms with van der Waals surface area (Å²) in [6.45, 7) is 5.64. The van der Waals surface area contributed by atoms with Crippen LogP contribution >= 0.6 is 11.8 Å². The highest BCUT2D eigenvalue weighted by Gasteiger charge is 2.44. The number of esters is 1. The van der Waals surface area contributed by atoms with Crippen molar-refractivity contribution < 1.29 is 14.3 Å².